The number of nitrogens with zero attached hydrogens (tertiary/aromatic N) is 1. The van der Waals surface area contributed by atoms with Crippen molar-refractivity contribution in [2.75, 3.05) is 13.1 Å². The van der Waals surface area contributed by atoms with Gasteiger partial charge >= 0.3 is 0 Å². The molecule has 0 bridgehead atoms. The van der Waals surface area contributed by atoms with Crippen LogP contribution in [0, 0.1) is 0 Å². The van der Waals surface area contributed by atoms with Gasteiger partial charge in [0, 0.05) is 23.3 Å². The molecule has 0 aromatic heterocycles. The number of rotatable bonds is 4. The molecular weight excluding hydrogens is 354 g/mol. The van der Waals surface area contributed by atoms with Crippen molar-refractivity contribution in [2.24, 2.45) is 0 Å². The van der Waals surface area contributed by atoms with Gasteiger partial charge in [0.15, 0.2) is 5.71 Å². The van der Waals surface area contributed by atoms with Gasteiger partial charge in [-0.05, 0) is 49.3 Å². The molecule has 0 saturated heterocycles. The molecule has 4 rings (SSSR count). The van der Waals surface area contributed by atoms with E-state index in [4.69, 9.17) is 4.74 Å². The molecule has 2 aliphatic rings. The lowest BCUT2D eigenvalue weighted by molar-refractivity contribution is -0.519. The highest BCUT2D eigenvalue weighted by Crippen LogP contribution is 2.33. The van der Waals surface area contributed by atoms with Gasteiger partial charge in [0.25, 0.3) is 0 Å². The molecule has 0 unspecified atom stereocenters. The van der Waals surface area contributed by atoms with Crippen molar-refractivity contribution >= 4 is 17.0 Å². The van der Waals surface area contributed by atoms with Crippen molar-refractivity contribution in [1.82, 2.24) is 0 Å². The maximum absolute atomic E-state index is 6.35. The van der Waals surface area contributed by atoms with E-state index in [1.54, 1.807) is 0 Å². The van der Waals surface area contributed by atoms with E-state index in [0.717, 1.165) is 41.3 Å². The molecule has 0 N–H and O–H groups in total. The van der Waals surface area contributed by atoms with Crippen molar-refractivity contribution in [1.29, 1.82) is 0 Å². The topological polar surface area (TPSA) is 12.2 Å². The van der Waals surface area contributed by atoms with Gasteiger partial charge in [-0.25, -0.2) is 4.58 Å². The molecule has 2 aromatic rings. The van der Waals surface area contributed by atoms with Gasteiger partial charge in [0.2, 0.25) is 0 Å². The van der Waals surface area contributed by atoms with E-state index >= 15 is 0 Å². The molecule has 144 valence electrons. The second kappa shape index (κ2) is 8.74. The third-order valence-corrected chi connectivity index (χ3v) is 5.24. The Balaban J connectivity index is 1.77. The minimum atomic E-state index is 0.870. The lowest BCUT2D eigenvalue weighted by Gasteiger charge is -2.20. The zero-order chi connectivity index (χ0) is 20.1. The van der Waals surface area contributed by atoms with E-state index in [2.05, 4.69) is 91.3 Å². The SMILES string of the molecule is CC[N+](CC)=C1C=CC(=C2C=C(c3ccccc3)C=C(c3ccccc3)O2)C=C1. The molecular formula is C27H26NO+. The summed E-state index contributed by atoms with van der Waals surface area (Å²) < 4.78 is 8.70. The highest BCUT2D eigenvalue weighted by atomic mass is 16.5. The zero-order valence-corrected chi connectivity index (χ0v) is 17.0. The van der Waals surface area contributed by atoms with E-state index in [1.165, 1.54) is 11.3 Å². The van der Waals surface area contributed by atoms with Gasteiger partial charge in [-0.1, -0.05) is 60.7 Å². The van der Waals surface area contributed by atoms with Crippen LogP contribution in [0.2, 0.25) is 0 Å². The van der Waals surface area contributed by atoms with Crippen LogP contribution in [0.25, 0.3) is 11.3 Å². The molecule has 1 aliphatic heterocycles. The lowest BCUT2D eigenvalue weighted by Crippen LogP contribution is -2.19. The third-order valence-electron chi connectivity index (χ3n) is 5.24. The summed E-state index contributed by atoms with van der Waals surface area (Å²) in [4.78, 5) is 0. The van der Waals surface area contributed by atoms with Crippen LogP contribution in [0.4, 0.5) is 0 Å². The van der Waals surface area contributed by atoms with Gasteiger partial charge in [-0.15, -0.1) is 0 Å². The van der Waals surface area contributed by atoms with Crippen LogP contribution < -0.4 is 0 Å². The minimum absolute atomic E-state index is 0.870. The first-order valence-electron chi connectivity index (χ1n) is 10.2. The third kappa shape index (κ3) is 4.22. The van der Waals surface area contributed by atoms with E-state index in [0.29, 0.717) is 0 Å². The Morgan fingerprint density at radius 3 is 1.86 bits per heavy atom. The fraction of sp³-hybridized carbons (Fsp3) is 0.148. The summed E-state index contributed by atoms with van der Waals surface area (Å²) in [6, 6.07) is 20.7. The first-order valence-corrected chi connectivity index (χ1v) is 10.2. The van der Waals surface area contributed by atoms with Crippen molar-refractivity contribution < 1.29 is 9.31 Å². The average Bonchev–Trinajstić information content (AvgIpc) is 2.81. The molecule has 2 aromatic carbocycles. The largest absolute Gasteiger partial charge is 0.456 e. The van der Waals surface area contributed by atoms with Crippen LogP contribution in [0.15, 0.2) is 108 Å². The van der Waals surface area contributed by atoms with Gasteiger partial charge in [0.05, 0.1) is 0 Å². The molecule has 0 amide bonds. The van der Waals surface area contributed by atoms with Gasteiger partial charge in [-0.3, -0.25) is 0 Å². The normalized spacial score (nSPS) is 15.7. The van der Waals surface area contributed by atoms with Crippen LogP contribution in [0.5, 0.6) is 0 Å². The lowest BCUT2D eigenvalue weighted by atomic mass is 9.98. The number of hydrogen-bond donors (Lipinski definition) is 0. The van der Waals surface area contributed by atoms with Gasteiger partial charge in [-0.2, -0.15) is 0 Å². The van der Waals surface area contributed by atoms with Gasteiger partial charge < -0.3 is 4.74 Å². The maximum atomic E-state index is 6.35. The Morgan fingerprint density at radius 1 is 0.690 bits per heavy atom. The van der Waals surface area contributed by atoms with E-state index in [-0.39, 0.29) is 0 Å². The van der Waals surface area contributed by atoms with Crippen LogP contribution in [0.1, 0.15) is 25.0 Å². The number of benzene rings is 2. The van der Waals surface area contributed by atoms with E-state index in [1.807, 2.05) is 24.3 Å². The first kappa shape index (κ1) is 18.9. The number of hydrogen-bond acceptors (Lipinski definition) is 1. The molecule has 1 heterocycles. The predicted octanol–water partition coefficient (Wildman–Crippen LogP) is 6.01. The molecule has 0 atom stereocenters. The monoisotopic (exact) mass is 380 g/mol. The Kier molecular flexibility index (Phi) is 5.71. The molecule has 2 heteroatoms. The molecule has 29 heavy (non-hydrogen) atoms. The molecule has 0 radical (unpaired) electrons. The van der Waals surface area contributed by atoms with Crippen LogP contribution in [-0.2, 0) is 4.74 Å². The first-order chi connectivity index (χ1) is 14.3. The summed E-state index contributed by atoms with van der Waals surface area (Å²) >= 11 is 0. The van der Waals surface area contributed by atoms with Crippen LogP contribution in [0.3, 0.4) is 0 Å². The molecule has 2 nitrogen and oxygen atoms in total. The standard InChI is InChI=1S/C27H26NO/c1-3-28(4-2)25-17-15-23(16-18-25)27-20-24(21-11-7-5-8-12-21)19-26(29-27)22-13-9-6-10-14-22/h5-20H,3-4H2,1-2H3/q+1. The van der Waals surface area contributed by atoms with Crippen molar-refractivity contribution in [3.05, 3.63) is 120 Å². The Bertz CT molecular complexity index is 1040. The second-order valence-electron chi connectivity index (χ2n) is 7.03. The summed E-state index contributed by atoms with van der Waals surface area (Å²) in [6.07, 6.45) is 12.9. The van der Waals surface area contributed by atoms with E-state index in [9.17, 15) is 0 Å². The molecule has 0 spiro atoms. The average molecular weight is 381 g/mol. The fourth-order valence-electron chi connectivity index (χ4n) is 3.61. The number of allylic oxidation sites excluding steroid dienone is 8. The smallest absolute Gasteiger partial charge is 0.199 e. The Hall–Kier alpha value is -3.39. The summed E-state index contributed by atoms with van der Waals surface area (Å²) in [5.41, 5.74) is 5.73. The Labute approximate surface area is 173 Å². The summed E-state index contributed by atoms with van der Waals surface area (Å²) in [7, 11) is 0. The second-order valence-corrected chi connectivity index (χ2v) is 7.03. The molecule has 0 saturated carbocycles. The zero-order valence-electron chi connectivity index (χ0n) is 17.0. The Morgan fingerprint density at radius 2 is 1.28 bits per heavy atom. The fourth-order valence-corrected chi connectivity index (χ4v) is 3.61. The van der Waals surface area contributed by atoms with Crippen molar-refractivity contribution in [3.63, 3.8) is 0 Å². The summed E-state index contributed by atoms with van der Waals surface area (Å²) in [6.45, 7) is 6.37. The van der Waals surface area contributed by atoms with Crippen LogP contribution >= 0.6 is 0 Å². The van der Waals surface area contributed by atoms with Crippen molar-refractivity contribution in [2.45, 2.75) is 13.8 Å². The van der Waals surface area contributed by atoms with Crippen LogP contribution in [-0.4, -0.2) is 23.4 Å². The minimum Gasteiger partial charge on any atom is -0.456 e. The van der Waals surface area contributed by atoms with Gasteiger partial charge in [0.1, 0.15) is 24.6 Å². The highest BCUT2D eigenvalue weighted by molar-refractivity contribution is 6.02. The van der Waals surface area contributed by atoms with Crippen molar-refractivity contribution in [3.8, 4) is 0 Å². The molecule has 0 fully saturated rings. The maximum Gasteiger partial charge on any atom is 0.199 e. The predicted molar refractivity (Wildman–Crippen MR) is 122 cm³/mol. The highest BCUT2D eigenvalue weighted by Gasteiger charge is 2.18. The summed E-state index contributed by atoms with van der Waals surface area (Å²) in [5.74, 6) is 1.74. The van der Waals surface area contributed by atoms with E-state index < -0.39 is 0 Å². The summed E-state index contributed by atoms with van der Waals surface area (Å²) in [5, 5.41) is 0. The molecule has 1 aliphatic carbocycles. The quantitative estimate of drug-likeness (QED) is 0.591. The number of ether oxygens (including phenoxy) is 1.